The van der Waals surface area contributed by atoms with Gasteiger partial charge in [-0.05, 0) is 29.8 Å². The number of thiazole rings is 1. The Balaban J connectivity index is 1.80. The van der Waals surface area contributed by atoms with E-state index >= 15 is 0 Å². The minimum atomic E-state index is -4.28. The molecule has 2 aromatic heterocycles. The Morgan fingerprint density at radius 2 is 1.94 bits per heavy atom. The summed E-state index contributed by atoms with van der Waals surface area (Å²) in [4.78, 5) is 3.81. The number of hydrogen-bond acceptors (Lipinski definition) is 10. The summed E-state index contributed by atoms with van der Waals surface area (Å²) >= 11 is 1.23. The zero-order valence-corrected chi connectivity index (χ0v) is 18.9. The first-order valence-corrected chi connectivity index (χ1v) is 11.7. The Labute approximate surface area is 191 Å². The van der Waals surface area contributed by atoms with Gasteiger partial charge >= 0.3 is 0 Å². The third-order valence-corrected chi connectivity index (χ3v) is 6.88. The summed E-state index contributed by atoms with van der Waals surface area (Å²) in [7, 11) is -1.64. The van der Waals surface area contributed by atoms with E-state index < -0.39 is 23.0 Å². The molecule has 0 fully saturated rings. The lowest BCUT2D eigenvalue weighted by Gasteiger charge is -2.14. The normalized spacial score (nSPS) is 12.5. The number of benzene rings is 2. The highest BCUT2D eigenvalue weighted by Crippen LogP contribution is 2.39. The van der Waals surface area contributed by atoms with Crippen LogP contribution in [0.3, 0.4) is 0 Å². The number of nitrogens with zero attached hydrogens (tertiary/aromatic N) is 2. The van der Waals surface area contributed by atoms with Crippen molar-refractivity contribution in [3.63, 3.8) is 0 Å². The van der Waals surface area contributed by atoms with Gasteiger partial charge in [0.25, 0.3) is 10.0 Å². The van der Waals surface area contributed by atoms with Gasteiger partial charge < -0.3 is 23.8 Å². The summed E-state index contributed by atoms with van der Waals surface area (Å²) in [6, 6.07) is 7.31. The number of nitrogens with one attached hydrogen (secondary N) is 1. The van der Waals surface area contributed by atoms with Gasteiger partial charge in [0, 0.05) is 11.6 Å². The molecule has 4 rings (SSSR count). The lowest BCUT2D eigenvalue weighted by Crippen LogP contribution is -2.16. The lowest BCUT2D eigenvalue weighted by atomic mass is 10.1. The fourth-order valence-electron chi connectivity index (χ4n) is 3.23. The van der Waals surface area contributed by atoms with Gasteiger partial charge in [-0.15, -0.1) is 11.3 Å². The number of hydrogen-bond donors (Lipinski definition) is 2. The zero-order chi connectivity index (χ0) is 23.6. The SMILES string of the molecule is COc1cccc(OC)c1S(=O)(=O)Nc1noc2cc(C(O)c3nccs3)cc(OCF)c12. The van der Waals surface area contributed by atoms with Gasteiger partial charge in [0.2, 0.25) is 6.86 Å². The minimum Gasteiger partial charge on any atom is -0.495 e. The summed E-state index contributed by atoms with van der Waals surface area (Å²) in [5, 5.41) is 16.5. The maximum absolute atomic E-state index is 13.2. The molecule has 10 nitrogen and oxygen atoms in total. The molecule has 174 valence electrons. The van der Waals surface area contributed by atoms with E-state index in [0.717, 1.165) is 0 Å². The second-order valence-corrected chi connectivity index (χ2v) is 9.09. The number of methoxy groups -OCH3 is 2. The van der Waals surface area contributed by atoms with Crippen LogP contribution in [0.15, 0.2) is 51.3 Å². The number of anilines is 1. The predicted octanol–water partition coefficient (Wildman–Crippen LogP) is 3.49. The molecule has 1 unspecified atom stereocenters. The number of halogens is 1. The molecule has 2 aromatic carbocycles. The van der Waals surface area contributed by atoms with Crippen molar-refractivity contribution in [2.75, 3.05) is 25.8 Å². The summed E-state index contributed by atoms with van der Waals surface area (Å²) in [5.41, 5.74) is 0.370. The van der Waals surface area contributed by atoms with Crippen LogP contribution in [0.5, 0.6) is 17.2 Å². The van der Waals surface area contributed by atoms with Crippen LogP contribution >= 0.6 is 11.3 Å². The average molecular weight is 496 g/mol. The van der Waals surface area contributed by atoms with E-state index in [2.05, 4.69) is 14.9 Å². The molecule has 4 aromatic rings. The minimum absolute atomic E-state index is 0.0451. The maximum Gasteiger partial charge on any atom is 0.270 e. The van der Waals surface area contributed by atoms with E-state index in [4.69, 9.17) is 18.7 Å². The van der Waals surface area contributed by atoms with E-state index in [1.807, 2.05) is 0 Å². The Bertz CT molecular complexity index is 1350. The predicted molar refractivity (Wildman–Crippen MR) is 117 cm³/mol. The Morgan fingerprint density at radius 1 is 1.21 bits per heavy atom. The highest BCUT2D eigenvalue weighted by molar-refractivity contribution is 7.93. The lowest BCUT2D eigenvalue weighted by molar-refractivity contribution is 0.191. The molecule has 0 spiro atoms. The maximum atomic E-state index is 13.2. The van der Waals surface area contributed by atoms with Gasteiger partial charge in [-0.2, -0.15) is 0 Å². The number of fused-ring (bicyclic) bond motifs is 1. The Morgan fingerprint density at radius 3 is 2.55 bits per heavy atom. The van der Waals surface area contributed by atoms with Crippen molar-refractivity contribution in [2.24, 2.45) is 0 Å². The van der Waals surface area contributed by atoms with Crippen LogP contribution in [0.2, 0.25) is 0 Å². The number of aromatic nitrogens is 2. The molecule has 2 N–H and O–H groups in total. The molecular weight excluding hydrogens is 477 g/mol. The number of sulfonamides is 1. The second-order valence-electron chi connectivity index (χ2n) is 6.55. The van der Waals surface area contributed by atoms with E-state index in [-0.39, 0.29) is 38.9 Å². The molecule has 13 heteroatoms. The van der Waals surface area contributed by atoms with E-state index in [0.29, 0.717) is 10.6 Å². The fraction of sp³-hybridized carbons (Fsp3) is 0.200. The van der Waals surface area contributed by atoms with Crippen LogP contribution in [0.1, 0.15) is 16.7 Å². The van der Waals surface area contributed by atoms with E-state index in [1.165, 1.54) is 56.0 Å². The van der Waals surface area contributed by atoms with Crippen molar-refractivity contribution in [1.82, 2.24) is 10.1 Å². The zero-order valence-electron chi connectivity index (χ0n) is 17.3. The van der Waals surface area contributed by atoms with Crippen molar-refractivity contribution < 1.29 is 36.6 Å². The monoisotopic (exact) mass is 495 g/mol. The van der Waals surface area contributed by atoms with Crippen LogP contribution < -0.4 is 18.9 Å². The van der Waals surface area contributed by atoms with Crippen molar-refractivity contribution in [3.05, 3.63) is 52.5 Å². The molecule has 0 bridgehead atoms. The molecule has 0 radical (unpaired) electrons. The van der Waals surface area contributed by atoms with Crippen LogP contribution in [-0.2, 0) is 10.0 Å². The van der Waals surface area contributed by atoms with E-state index in [1.54, 1.807) is 11.4 Å². The molecule has 2 heterocycles. The van der Waals surface area contributed by atoms with Crippen LogP contribution in [0.25, 0.3) is 11.0 Å². The van der Waals surface area contributed by atoms with Crippen LogP contribution in [-0.4, -0.2) is 44.7 Å². The van der Waals surface area contributed by atoms with Gasteiger partial charge in [0.15, 0.2) is 16.3 Å². The molecule has 0 saturated heterocycles. The summed E-state index contributed by atoms with van der Waals surface area (Å²) < 4.78 is 62.5. The number of aliphatic hydroxyl groups excluding tert-OH is 1. The van der Waals surface area contributed by atoms with Gasteiger partial charge in [-0.25, -0.2) is 17.8 Å². The largest absolute Gasteiger partial charge is 0.495 e. The highest BCUT2D eigenvalue weighted by Gasteiger charge is 2.28. The van der Waals surface area contributed by atoms with Gasteiger partial charge in [0.05, 0.1) is 14.2 Å². The number of rotatable bonds is 9. The molecule has 0 aliphatic heterocycles. The summed E-state index contributed by atoms with van der Waals surface area (Å²) in [6.45, 7) is -1.20. The standard InChI is InChI=1S/C20H18FN3O7S2/c1-28-12-4-3-5-13(29-2)18(12)33(26,27)24-19-16-14(30-10-21)8-11(9-15(16)31-23-19)17(25)20-22-6-7-32-20/h3-9,17,25H,10H2,1-2H3,(H,23,24). The molecule has 0 saturated carbocycles. The first-order valence-electron chi connectivity index (χ1n) is 9.33. The summed E-state index contributed by atoms with van der Waals surface area (Å²) in [6.07, 6.45) is 0.410. The third-order valence-electron chi connectivity index (χ3n) is 4.65. The average Bonchev–Trinajstić information content (AvgIpc) is 3.48. The molecule has 1 atom stereocenters. The Hall–Kier alpha value is -3.42. The van der Waals surface area contributed by atoms with E-state index in [9.17, 15) is 17.9 Å². The summed E-state index contributed by atoms with van der Waals surface area (Å²) in [5.74, 6) is -0.226. The van der Waals surface area contributed by atoms with Crippen LogP contribution in [0, 0.1) is 0 Å². The first kappa shape index (κ1) is 22.8. The Kier molecular flexibility index (Phi) is 6.35. The smallest absolute Gasteiger partial charge is 0.270 e. The number of alkyl halides is 1. The molecular formula is C20H18FN3O7S2. The number of ether oxygens (including phenoxy) is 3. The van der Waals surface area contributed by atoms with Crippen molar-refractivity contribution >= 4 is 38.1 Å². The number of aliphatic hydroxyl groups is 1. The fourth-order valence-corrected chi connectivity index (χ4v) is 5.20. The van der Waals surface area contributed by atoms with Crippen molar-refractivity contribution in [1.29, 1.82) is 0 Å². The van der Waals surface area contributed by atoms with Crippen molar-refractivity contribution in [2.45, 2.75) is 11.0 Å². The molecule has 0 amide bonds. The quantitative estimate of drug-likeness (QED) is 0.358. The molecule has 0 aliphatic carbocycles. The molecule has 33 heavy (non-hydrogen) atoms. The first-order chi connectivity index (χ1) is 15.9. The topological polar surface area (TPSA) is 133 Å². The highest BCUT2D eigenvalue weighted by atomic mass is 32.2. The molecule has 0 aliphatic rings. The van der Waals surface area contributed by atoms with Gasteiger partial charge in [0.1, 0.15) is 33.7 Å². The van der Waals surface area contributed by atoms with Crippen LogP contribution in [0.4, 0.5) is 10.2 Å². The van der Waals surface area contributed by atoms with Gasteiger partial charge in [-0.3, -0.25) is 4.72 Å². The van der Waals surface area contributed by atoms with Crippen molar-refractivity contribution in [3.8, 4) is 17.2 Å². The van der Waals surface area contributed by atoms with Gasteiger partial charge in [-0.1, -0.05) is 11.2 Å². The third kappa shape index (κ3) is 4.29. The second kappa shape index (κ2) is 9.21.